The SMILES string of the molecule is O=C(NNS(=O)(=O)C1=Cc2ccccc2CC1)c1ccc2c(c1)OCO2. The van der Waals surface area contributed by atoms with E-state index < -0.39 is 15.9 Å². The van der Waals surface area contributed by atoms with Crippen LogP contribution in [0.1, 0.15) is 27.9 Å². The van der Waals surface area contributed by atoms with Crippen molar-refractivity contribution < 1.29 is 22.7 Å². The standard InChI is InChI=1S/C18H16N2O5S/c21-18(14-6-8-16-17(10-14)25-11-24-16)19-20-26(22,23)15-7-5-12-3-1-2-4-13(12)9-15/h1-4,6,8-10,20H,5,7,11H2,(H,19,21). The largest absolute Gasteiger partial charge is 0.454 e. The summed E-state index contributed by atoms with van der Waals surface area (Å²) in [5.74, 6) is 0.420. The van der Waals surface area contributed by atoms with E-state index in [4.69, 9.17) is 9.47 Å². The number of allylic oxidation sites excluding steroid dienone is 1. The first-order chi connectivity index (χ1) is 12.5. The molecule has 2 aromatic carbocycles. The average Bonchev–Trinajstić information content (AvgIpc) is 3.13. The highest BCUT2D eigenvalue weighted by molar-refractivity contribution is 7.93. The van der Waals surface area contributed by atoms with Crippen LogP contribution >= 0.6 is 0 Å². The number of hydrogen-bond acceptors (Lipinski definition) is 5. The predicted octanol–water partition coefficient (Wildman–Crippen LogP) is 1.97. The highest BCUT2D eigenvalue weighted by atomic mass is 32.2. The third-order valence-corrected chi connectivity index (χ3v) is 5.67. The molecule has 1 amide bonds. The van der Waals surface area contributed by atoms with E-state index in [1.54, 1.807) is 12.1 Å². The number of ether oxygens (including phenoxy) is 2. The number of sulfonamides is 1. The molecular formula is C18H16N2O5S. The lowest BCUT2D eigenvalue weighted by Crippen LogP contribution is -2.42. The summed E-state index contributed by atoms with van der Waals surface area (Å²) in [5, 5.41) is 0. The zero-order valence-corrected chi connectivity index (χ0v) is 14.5. The number of rotatable bonds is 4. The molecule has 0 spiro atoms. The second-order valence-electron chi connectivity index (χ2n) is 5.94. The molecule has 1 aliphatic heterocycles. The minimum atomic E-state index is -3.82. The van der Waals surface area contributed by atoms with Gasteiger partial charge in [0.2, 0.25) is 6.79 Å². The number of aryl methyl sites for hydroxylation is 1. The van der Waals surface area contributed by atoms with Gasteiger partial charge in [-0.2, -0.15) is 0 Å². The third-order valence-electron chi connectivity index (χ3n) is 4.29. The summed E-state index contributed by atoms with van der Waals surface area (Å²) >= 11 is 0. The molecule has 0 saturated heterocycles. The zero-order valence-electron chi connectivity index (χ0n) is 13.7. The van der Waals surface area contributed by atoms with E-state index in [-0.39, 0.29) is 17.3 Å². The van der Waals surface area contributed by atoms with Crippen LogP contribution in [-0.4, -0.2) is 21.1 Å². The summed E-state index contributed by atoms with van der Waals surface area (Å²) in [6.45, 7) is 0.0999. The fraction of sp³-hybridized carbons (Fsp3) is 0.167. The van der Waals surface area contributed by atoms with E-state index in [1.807, 2.05) is 24.3 Å². The van der Waals surface area contributed by atoms with Crippen molar-refractivity contribution in [2.24, 2.45) is 0 Å². The molecule has 2 aromatic rings. The third kappa shape index (κ3) is 3.16. The van der Waals surface area contributed by atoms with Crippen molar-refractivity contribution in [1.29, 1.82) is 0 Å². The summed E-state index contributed by atoms with van der Waals surface area (Å²) in [4.78, 5) is 14.6. The highest BCUT2D eigenvalue weighted by Crippen LogP contribution is 2.32. The molecule has 26 heavy (non-hydrogen) atoms. The van der Waals surface area contributed by atoms with Gasteiger partial charge in [-0.05, 0) is 48.2 Å². The number of fused-ring (bicyclic) bond motifs is 2. The lowest BCUT2D eigenvalue weighted by molar-refractivity contribution is 0.0945. The van der Waals surface area contributed by atoms with E-state index >= 15 is 0 Å². The normalized spacial score (nSPS) is 15.2. The van der Waals surface area contributed by atoms with Gasteiger partial charge in [0.15, 0.2) is 11.5 Å². The lowest BCUT2D eigenvalue weighted by Gasteiger charge is -2.17. The molecule has 0 aromatic heterocycles. The van der Waals surface area contributed by atoms with Crippen LogP contribution < -0.4 is 19.7 Å². The topological polar surface area (TPSA) is 93.7 Å². The summed E-state index contributed by atoms with van der Waals surface area (Å²) in [6.07, 6.45) is 2.65. The summed E-state index contributed by atoms with van der Waals surface area (Å²) < 4.78 is 35.4. The molecule has 8 heteroatoms. The Morgan fingerprint density at radius 2 is 1.81 bits per heavy atom. The number of hydrogen-bond donors (Lipinski definition) is 2. The van der Waals surface area contributed by atoms with Gasteiger partial charge < -0.3 is 9.47 Å². The molecule has 2 aliphatic rings. The predicted molar refractivity (Wildman–Crippen MR) is 94.8 cm³/mol. The second kappa shape index (κ2) is 6.47. The van der Waals surface area contributed by atoms with Gasteiger partial charge in [-0.1, -0.05) is 24.3 Å². The van der Waals surface area contributed by atoms with Crippen LogP contribution in [-0.2, 0) is 16.4 Å². The highest BCUT2D eigenvalue weighted by Gasteiger charge is 2.23. The Labute approximate surface area is 150 Å². The number of carbonyl (C=O) groups excluding carboxylic acids is 1. The average molecular weight is 372 g/mol. The first-order valence-corrected chi connectivity index (χ1v) is 9.51. The molecule has 4 rings (SSSR count). The van der Waals surface area contributed by atoms with Gasteiger partial charge in [0.05, 0.1) is 4.91 Å². The van der Waals surface area contributed by atoms with Crippen molar-refractivity contribution in [2.45, 2.75) is 12.8 Å². The van der Waals surface area contributed by atoms with E-state index in [1.165, 1.54) is 12.1 Å². The second-order valence-corrected chi connectivity index (χ2v) is 7.67. The van der Waals surface area contributed by atoms with Crippen LogP contribution in [0.5, 0.6) is 11.5 Å². The van der Waals surface area contributed by atoms with Gasteiger partial charge in [-0.15, -0.1) is 4.83 Å². The van der Waals surface area contributed by atoms with Crippen molar-refractivity contribution in [3.05, 3.63) is 64.1 Å². The molecule has 0 fully saturated rings. The molecule has 0 bridgehead atoms. The fourth-order valence-electron chi connectivity index (χ4n) is 2.91. The smallest absolute Gasteiger partial charge is 0.266 e. The van der Waals surface area contributed by atoms with Crippen LogP contribution in [0.2, 0.25) is 0 Å². The van der Waals surface area contributed by atoms with Crippen LogP contribution in [0.25, 0.3) is 6.08 Å². The van der Waals surface area contributed by atoms with E-state index in [0.29, 0.717) is 24.3 Å². The Morgan fingerprint density at radius 1 is 1.00 bits per heavy atom. The van der Waals surface area contributed by atoms with Gasteiger partial charge in [-0.3, -0.25) is 10.2 Å². The van der Waals surface area contributed by atoms with Crippen LogP contribution in [0.15, 0.2) is 47.4 Å². The van der Waals surface area contributed by atoms with Crippen molar-refractivity contribution in [2.75, 3.05) is 6.79 Å². The van der Waals surface area contributed by atoms with E-state index in [2.05, 4.69) is 10.3 Å². The molecule has 0 radical (unpaired) electrons. The van der Waals surface area contributed by atoms with Gasteiger partial charge in [0, 0.05) is 5.56 Å². The van der Waals surface area contributed by atoms with E-state index in [0.717, 1.165) is 11.1 Å². The molecule has 1 heterocycles. The Balaban J connectivity index is 1.47. The molecular weight excluding hydrogens is 356 g/mol. The number of carbonyl (C=O) groups is 1. The van der Waals surface area contributed by atoms with Gasteiger partial charge in [0.25, 0.3) is 15.9 Å². The maximum atomic E-state index is 12.5. The maximum absolute atomic E-state index is 12.5. The summed E-state index contributed by atoms with van der Waals surface area (Å²) in [7, 11) is -3.82. The number of nitrogens with one attached hydrogen (secondary N) is 2. The zero-order chi connectivity index (χ0) is 18.1. The van der Waals surface area contributed by atoms with E-state index in [9.17, 15) is 13.2 Å². The Kier molecular flexibility index (Phi) is 4.14. The number of hydrazine groups is 1. The van der Waals surface area contributed by atoms with Gasteiger partial charge in [0.1, 0.15) is 0 Å². The monoisotopic (exact) mass is 372 g/mol. The van der Waals surface area contributed by atoms with Crippen molar-refractivity contribution in [1.82, 2.24) is 10.3 Å². The van der Waals surface area contributed by atoms with Crippen LogP contribution in [0.3, 0.4) is 0 Å². The first kappa shape index (κ1) is 16.6. The van der Waals surface area contributed by atoms with Crippen molar-refractivity contribution in [3.8, 4) is 11.5 Å². The van der Waals surface area contributed by atoms with Crippen molar-refractivity contribution >= 4 is 22.0 Å². The molecule has 0 unspecified atom stereocenters. The van der Waals surface area contributed by atoms with Crippen LogP contribution in [0.4, 0.5) is 0 Å². The molecule has 0 saturated carbocycles. The Morgan fingerprint density at radius 3 is 2.69 bits per heavy atom. The van der Waals surface area contributed by atoms with Gasteiger partial charge >= 0.3 is 0 Å². The fourth-order valence-corrected chi connectivity index (χ4v) is 3.92. The molecule has 2 N–H and O–H groups in total. The maximum Gasteiger partial charge on any atom is 0.266 e. The minimum Gasteiger partial charge on any atom is -0.454 e. The molecule has 0 atom stereocenters. The Hall–Kier alpha value is -2.84. The summed E-state index contributed by atoms with van der Waals surface area (Å²) in [5.41, 5.74) is 4.48. The lowest BCUT2D eigenvalue weighted by atomic mass is 9.98. The minimum absolute atomic E-state index is 0.0999. The van der Waals surface area contributed by atoms with Crippen LogP contribution in [0, 0.1) is 0 Å². The Bertz CT molecular complexity index is 1010. The number of amides is 1. The van der Waals surface area contributed by atoms with Gasteiger partial charge in [-0.25, -0.2) is 8.42 Å². The number of benzene rings is 2. The van der Waals surface area contributed by atoms with Crippen molar-refractivity contribution in [3.63, 3.8) is 0 Å². The molecule has 1 aliphatic carbocycles. The molecule has 134 valence electrons. The first-order valence-electron chi connectivity index (χ1n) is 8.03. The quantitative estimate of drug-likeness (QED) is 0.801. The summed E-state index contributed by atoms with van der Waals surface area (Å²) in [6, 6.07) is 12.3. The molecule has 7 nitrogen and oxygen atoms in total.